The Balaban J connectivity index is 1.88. The van der Waals surface area contributed by atoms with Gasteiger partial charge in [0, 0.05) is 35.3 Å². The van der Waals surface area contributed by atoms with E-state index in [-0.39, 0.29) is 5.82 Å². The SMILES string of the molecule is CCNC(=NCc1oc2ccc(F)cc2c1C)Nc1cc(OC)c(OC)c(OC)c1. The van der Waals surface area contributed by atoms with E-state index in [0.29, 0.717) is 53.3 Å². The molecule has 0 unspecified atom stereocenters. The molecule has 0 fully saturated rings. The number of guanidine groups is 1. The van der Waals surface area contributed by atoms with E-state index in [1.54, 1.807) is 39.5 Å². The molecule has 0 radical (unpaired) electrons. The highest BCUT2D eigenvalue weighted by atomic mass is 19.1. The molecule has 0 saturated heterocycles. The van der Waals surface area contributed by atoms with E-state index < -0.39 is 0 Å². The predicted octanol–water partition coefficient (Wildman–Crippen LogP) is 4.48. The maximum Gasteiger partial charge on any atom is 0.203 e. The van der Waals surface area contributed by atoms with Crippen molar-refractivity contribution in [3.8, 4) is 17.2 Å². The first kappa shape index (κ1) is 21.3. The summed E-state index contributed by atoms with van der Waals surface area (Å²) in [6.07, 6.45) is 0. The highest BCUT2D eigenvalue weighted by Crippen LogP contribution is 2.39. The molecule has 0 aliphatic rings. The van der Waals surface area contributed by atoms with Gasteiger partial charge in [-0.05, 0) is 32.0 Å². The standard InChI is InChI=1S/C22H26FN3O4/c1-6-24-22(26-15-10-18(27-3)21(29-5)19(11-15)28-4)25-12-20-13(2)16-9-14(23)7-8-17(16)30-20/h7-11H,6,12H2,1-5H3,(H2,24,25,26). The fraction of sp³-hybridized carbons (Fsp3) is 0.318. The molecular formula is C22H26FN3O4. The molecule has 0 bridgehead atoms. The van der Waals surface area contributed by atoms with Crippen LogP contribution in [0.15, 0.2) is 39.7 Å². The fourth-order valence-electron chi connectivity index (χ4n) is 3.14. The van der Waals surface area contributed by atoms with Crippen LogP contribution in [-0.2, 0) is 6.54 Å². The van der Waals surface area contributed by atoms with Crippen LogP contribution >= 0.6 is 0 Å². The van der Waals surface area contributed by atoms with Crippen LogP contribution in [0.5, 0.6) is 17.2 Å². The van der Waals surface area contributed by atoms with Gasteiger partial charge in [-0.15, -0.1) is 0 Å². The molecule has 3 aromatic rings. The topological polar surface area (TPSA) is 77.3 Å². The monoisotopic (exact) mass is 415 g/mol. The number of halogens is 1. The molecular weight excluding hydrogens is 389 g/mol. The Labute approximate surface area is 174 Å². The maximum absolute atomic E-state index is 13.5. The van der Waals surface area contributed by atoms with Gasteiger partial charge in [0.1, 0.15) is 23.7 Å². The average Bonchev–Trinajstić information content (AvgIpc) is 3.06. The largest absolute Gasteiger partial charge is 0.493 e. The third-order valence-electron chi connectivity index (χ3n) is 4.65. The highest BCUT2D eigenvalue weighted by molar-refractivity contribution is 5.94. The zero-order valence-corrected chi connectivity index (χ0v) is 17.8. The van der Waals surface area contributed by atoms with Crippen LogP contribution in [0.2, 0.25) is 0 Å². The molecule has 0 amide bonds. The Kier molecular flexibility index (Phi) is 6.66. The number of aliphatic imine (C=N–C) groups is 1. The van der Waals surface area contributed by atoms with Gasteiger partial charge >= 0.3 is 0 Å². The summed E-state index contributed by atoms with van der Waals surface area (Å²) in [4.78, 5) is 4.61. The van der Waals surface area contributed by atoms with Gasteiger partial charge in [-0.2, -0.15) is 0 Å². The number of ether oxygens (including phenoxy) is 3. The summed E-state index contributed by atoms with van der Waals surface area (Å²) < 4.78 is 35.5. The first-order valence-corrected chi connectivity index (χ1v) is 9.53. The number of nitrogens with one attached hydrogen (secondary N) is 2. The summed E-state index contributed by atoms with van der Waals surface area (Å²) in [6, 6.07) is 8.08. The average molecular weight is 415 g/mol. The number of nitrogens with zero attached hydrogens (tertiary/aromatic N) is 1. The molecule has 30 heavy (non-hydrogen) atoms. The molecule has 0 spiro atoms. The Morgan fingerprint density at radius 1 is 1.07 bits per heavy atom. The van der Waals surface area contributed by atoms with Crippen molar-refractivity contribution in [1.82, 2.24) is 5.32 Å². The summed E-state index contributed by atoms with van der Waals surface area (Å²) in [6.45, 7) is 4.83. The van der Waals surface area contributed by atoms with Gasteiger partial charge in [-0.25, -0.2) is 9.38 Å². The van der Waals surface area contributed by atoms with Gasteiger partial charge < -0.3 is 29.3 Å². The number of anilines is 1. The van der Waals surface area contributed by atoms with Crippen LogP contribution in [0.25, 0.3) is 11.0 Å². The van der Waals surface area contributed by atoms with Crippen molar-refractivity contribution < 1.29 is 23.0 Å². The molecule has 1 heterocycles. The molecule has 3 rings (SSSR count). The third kappa shape index (κ3) is 4.42. The van der Waals surface area contributed by atoms with Crippen molar-refractivity contribution in [2.24, 2.45) is 4.99 Å². The Morgan fingerprint density at radius 2 is 1.77 bits per heavy atom. The van der Waals surface area contributed by atoms with Crippen molar-refractivity contribution in [3.63, 3.8) is 0 Å². The summed E-state index contributed by atoms with van der Waals surface area (Å²) in [5, 5.41) is 7.18. The lowest BCUT2D eigenvalue weighted by molar-refractivity contribution is 0.324. The predicted molar refractivity (Wildman–Crippen MR) is 115 cm³/mol. The number of benzene rings is 2. The Hall–Kier alpha value is -3.42. The Morgan fingerprint density at radius 3 is 2.37 bits per heavy atom. The third-order valence-corrected chi connectivity index (χ3v) is 4.65. The quantitative estimate of drug-likeness (QED) is 0.438. The van der Waals surface area contributed by atoms with Crippen LogP contribution in [0.4, 0.5) is 10.1 Å². The van der Waals surface area contributed by atoms with Crippen LogP contribution in [0.1, 0.15) is 18.2 Å². The van der Waals surface area contributed by atoms with Crippen LogP contribution in [-0.4, -0.2) is 33.8 Å². The molecule has 0 aliphatic heterocycles. The first-order chi connectivity index (χ1) is 14.5. The molecule has 7 nitrogen and oxygen atoms in total. The summed E-state index contributed by atoms with van der Waals surface area (Å²) >= 11 is 0. The summed E-state index contributed by atoms with van der Waals surface area (Å²) in [7, 11) is 4.68. The second kappa shape index (κ2) is 9.39. The summed E-state index contributed by atoms with van der Waals surface area (Å²) in [5.41, 5.74) is 2.23. The second-order valence-electron chi connectivity index (χ2n) is 6.52. The minimum absolute atomic E-state index is 0.293. The lowest BCUT2D eigenvalue weighted by Gasteiger charge is -2.16. The van der Waals surface area contributed by atoms with Crippen molar-refractivity contribution in [3.05, 3.63) is 47.5 Å². The zero-order valence-electron chi connectivity index (χ0n) is 17.8. The number of methoxy groups -OCH3 is 3. The van der Waals surface area contributed by atoms with Gasteiger partial charge in [0.2, 0.25) is 5.75 Å². The molecule has 0 atom stereocenters. The van der Waals surface area contributed by atoms with Gasteiger partial charge in [0.25, 0.3) is 0 Å². The fourth-order valence-corrected chi connectivity index (χ4v) is 3.14. The number of fused-ring (bicyclic) bond motifs is 1. The molecule has 2 aromatic carbocycles. The lowest BCUT2D eigenvalue weighted by Crippen LogP contribution is -2.30. The van der Waals surface area contributed by atoms with Gasteiger partial charge in [-0.1, -0.05) is 0 Å². The minimum Gasteiger partial charge on any atom is -0.493 e. The van der Waals surface area contributed by atoms with E-state index in [4.69, 9.17) is 18.6 Å². The molecule has 0 aliphatic carbocycles. The molecule has 160 valence electrons. The van der Waals surface area contributed by atoms with E-state index in [1.165, 1.54) is 12.1 Å². The van der Waals surface area contributed by atoms with E-state index >= 15 is 0 Å². The van der Waals surface area contributed by atoms with E-state index in [9.17, 15) is 4.39 Å². The van der Waals surface area contributed by atoms with Crippen LogP contribution < -0.4 is 24.8 Å². The van der Waals surface area contributed by atoms with E-state index in [0.717, 1.165) is 10.9 Å². The number of hydrogen-bond donors (Lipinski definition) is 2. The summed E-state index contributed by atoms with van der Waals surface area (Å²) in [5.74, 6) is 2.52. The van der Waals surface area contributed by atoms with E-state index in [1.807, 2.05) is 13.8 Å². The molecule has 0 saturated carbocycles. The smallest absolute Gasteiger partial charge is 0.203 e. The Bertz CT molecular complexity index is 1040. The number of aryl methyl sites for hydroxylation is 1. The van der Waals surface area contributed by atoms with Crippen molar-refractivity contribution >= 4 is 22.6 Å². The van der Waals surface area contributed by atoms with E-state index in [2.05, 4.69) is 15.6 Å². The molecule has 1 aromatic heterocycles. The van der Waals surface area contributed by atoms with Crippen molar-refractivity contribution in [2.75, 3.05) is 33.2 Å². The zero-order chi connectivity index (χ0) is 21.7. The second-order valence-corrected chi connectivity index (χ2v) is 6.52. The van der Waals surface area contributed by atoms with Gasteiger partial charge in [0.15, 0.2) is 17.5 Å². The number of rotatable bonds is 7. The first-order valence-electron chi connectivity index (χ1n) is 9.53. The van der Waals surface area contributed by atoms with Crippen LogP contribution in [0.3, 0.4) is 0 Å². The van der Waals surface area contributed by atoms with Gasteiger partial charge in [0.05, 0.1) is 21.3 Å². The highest BCUT2D eigenvalue weighted by Gasteiger charge is 2.15. The number of hydrogen-bond acceptors (Lipinski definition) is 5. The molecule has 2 N–H and O–H groups in total. The lowest BCUT2D eigenvalue weighted by atomic mass is 10.1. The van der Waals surface area contributed by atoms with Crippen LogP contribution in [0, 0.1) is 12.7 Å². The van der Waals surface area contributed by atoms with Crippen molar-refractivity contribution in [2.45, 2.75) is 20.4 Å². The molecule has 8 heteroatoms. The maximum atomic E-state index is 13.5. The minimum atomic E-state index is -0.293. The normalized spacial score (nSPS) is 11.5. The van der Waals surface area contributed by atoms with Crippen molar-refractivity contribution in [1.29, 1.82) is 0 Å². The number of furan rings is 1. The van der Waals surface area contributed by atoms with Gasteiger partial charge in [-0.3, -0.25) is 0 Å².